The maximum atomic E-state index is 11.3. The molecule has 1 aromatic heterocycles. The van der Waals surface area contributed by atoms with Gasteiger partial charge in [0.2, 0.25) is 0 Å². The Morgan fingerprint density at radius 1 is 1.12 bits per heavy atom. The van der Waals surface area contributed by atoms with Crippen LogP contribution in [0.25, 0.3) is 0 Å². The topological polar surface area (TPSA) is 45.8 Å². The quantitative estimate of drug-likeness (QED) is 0.687. The number of aryl methyl sites for hydroxylation is 1. The number of nitrogens with one attached hydrogen (secondary N) is 1. The lowest BCUT2D eigenvalue weighted by Gasteiger charge is -2.00. The van der Waals surface area contributed by atoms with Crippen LogP contribution in [0.3, 0.4) is 0 Å². The third-order valence-electron chi connectivity index (χ3n) is 2.80. The number of nitrogens with zero attached hydrogens (tertiary/aromatic N) is 1. The average Bonchev–Trinajstić information content (AvgIpc) is 2.30. The van der Waals surface area contributed by atoms with Crippen LogP contribution < -0.4 is 5.56 Å². The van der Waals surface area contributed by atoms with Crippen molar-refractivity contribution in [1.29, 1.82) is 0 Å². The predicted molar refractivity (Wildman–Crippen MR) is 66.6 cm³/mol. The average molecular weight is 222 g/mol. The monoisotopic (exact) mass is 222 g/mol. The molecular formula is C13H22N2O. The number of hydrogen-bond acceptors (Lipinski definition) is 2. The highest BCUT2D eigenvalue weighted by molar-refractivity contribution is 4.95. The van der Waals surface area contributed by atoms with Gasteiger partial charge in [-0.15, -0.1) is 0 Å². The lowest BCUT2D eigenvalue weighted by atomic mass is 10.1. The number of aromatic amines is 1. The minimum absolute atomic E-state index is 0.0338. The van der Waals surface area contributed by atoms with E-state index < -0.39 is 0 Å². The second-order valence-corrected chi connectivity index (χ2v) is 4.24. The molecule has 0 bridgehead atoms. The van der Waals surface area contributed by atoms with Crippen molar-refractivity contribution in [3.05, 3.63) is 28.4 Å². The van der Waals surface area contributed by atoms with Gasteiger partial charge in [0.1, 0.15) is 5.69 Å². The number of unbranched alkanes of at least 4 members (excludes halogenated alkanes) is 6. The summed E-state index contributed by atoms with van der Waals surface area (Å²) in [5, 5.41) is 0. The molecule has 1 aromatic rings. The van der Waals surface area contributed by atoms with E-state index in [0.717, 1.165) is 12.8 Å². The van der Waals surface area contributed by atoms with E-state index in [2.05, 4.69) is 16.9 Å². The van der Waals surface area contributed by atoms with E-state index >= 15 is 0 Å². The highest BCUT2D eigenvalue weighted by Gasteiger charge is 1.99. The largest absolute Gasteiger partial charge is 0.326 e. The van der Waals surface area contributed by atoms with Crippen LogP contribution in [0.1, 0.15) is 57.6 Å². The molecule has 0 unspecified atom stereocenters. The zero-order valence-electron chi connectivity index (χ0n) is 10.2. The maximum absolute atomic E-state index is 11.3. The van der Waals surface area contributed by atoms with Gasteiger partial charge < -0.3 is 4.98 Å². The first-order valence-electron chi connectivity index (χ1n) is 6.37. The van der Waals surface area contributed by atoms with Crippen molar-refractivity contribution in [3.63, 3.8) is 0 Å². The van der Waals surface area contributed by atoms with E-state index in [1.165, 1.54) is 38.5 Å². The first-order chi connectivity index (χ1) is 7.84. The number of rotatable bonds is 8. The summed E-state index contributed by atoms with van der Waals surface area (Å²) in [7, 11) is 0. The second kappa shape index (κ2) is 8.08. The first-order valence-corrected chi connectivity index (χ1v) is 6.37. The normalized spacial score (nSPS) is 10.6. The van der Waals surface area contributed by atoms with Crippen molar-refractivity contribution < 1.29 is 0 Å². The van der Waals surface area contributed by atoms with Crippen molar-refractivity contribution in [2.75, 3.05) is 0 Å². The SMILES string of the molecule is CCCCCCCCCc1ncc[nH]c1=O. The van der Waals surface area contributed by atoms with Gasteiger partial charge in [0.25, 0.3) is 5.56 Å². The van der Waals surface area contributed by atoms with Gasteiger partial charge in [-0.05, 0) is 12.8 Å². The molecule has 3 nitrogen and oxygen atoms in total. The molecule has 0 fully saturated rings. The third kappa shape index (κ3) is 5.10. The standard InChI is InChI=1S/C13H22N2O/c1-2-3-4-5-6-7-8-9-12-13(16)15-11-10-14-12/h10-11H,2-9H2,1H3,(H,15,16). The van der Waals surface area contributed by atoms with E-state index in [9.17, 15) is 4.79 Å². The predicted octanol–water partition coefficient (Wildman–Crippen LogP) is 3.06. The molecule has 0 spiro atoms. The minimum Gasteiger partial charge on any atom is -0.326 e. The lowest BCUT2D eigenvalue weighted by molar-refractivity contribution is 0.586. The van der Waals surface area contributed by atoms with Crippen molar-refractivity contribution in [1.82, 2.24) is 9.97 Å². The van der Waals surface area contributed by atoms with E-state index in [1.807, 2.05) is 0 Å². The Balaban J connectivity index is 2.08. The van der Waals surface area contributed by atoms with Crippen LogP contribution in [0.15, 0.2) is 17.2 Å². The Bertz CT molecular complexity index is 333. The highest BCUT2D eigenvalue weighted by atomic mass is 16.1. The molecule has 1 N–H and O–H groups in total. The van der Waals surface area contributed by atoms with E-state index in [0.29, 0.717) is 5.69 Å². The molecule has 0 saturated heterocycles. The third-order valence-corrected chi connectivity index (χ3v) is 2.80. The summed E-state index contributed by atoms with van der Waals surface area (Å²) >= 11 is 0. The molecule has 16 heavy (non-hydrogen) atoms. The summed E-state index contributed by atoms with van der Waals surface area (Å²) in [5.74, 6) is 0. The molecule has 3 heteroatoms. The fourth-order valence-corrected chi connectivity index (χ4v) is 1.81. The van der Waals surface area contributed by atoms with Crippen LogP contribution in [0.4, 0.5) is 0 Å². The highest BCUT2D eigenvalue weighted by Crippen LogP contribution is 2.08. The van der Waals surface area contributed by atoms with E-state index in [4.69, 9.17) is 0 Å². The van der Waals surface area contributed by atoms with Crippen LogP contribution in [0.2, 0.25) is 0 Å². The molecule has 0 atom stereocenters. The zero-order chi connectivity index (χ0) is 11.6. The molecule has 0 radical (unpaired) electrons. The van der Waals surface area contributed by atoms with Gasteiger partial charge >= 0.3 is 0 Å². The van der Waals surface area contributed by atoms with E-state index in [1.54, 1.807) is 12.4 Å². The van der Waals surface area contributed by atoms with Crippen molar-refractivity contribution in [2.24, 2.45) is 0 Å². The zero-order valence-corrected chi connectivity index (χ0v) is 10.2. The smallest absolute Gasteiger partial charge is 0.269 e. The fraction of sp³-hybridized carbons (Fsp3) is 0.692. The summed E-state index contributed by atoms with van der Waals surface area (Å²) in [4.78, 5) is 18.0. The van der Waals surface area contributed by atoms with Gasteiger partial charge in [0.05, 0.1) is 0 Å². The summed E-state index contributed by atoms with van der Waals surface area (Å²) in [6, 6.07) is 0. The number of aromatic nitrogens is 2. The summed E-state index contributed by atoms with van der Waals surface area (Å²) < 4.78 is 0. The van der Waals surface area contributed by atoms with Gasteiger partial charge in [-0.1, -0.05) is 45.4 Å². The van der Waals surface area contributed by atoms with Gasteiger partial charge in [-0.2, -0.15) is 0 Å². The summed E-state index contributed by atoms with van der Waals surface area (Å²) in [6.45, 7) is 2.23. The van der Waals surface area contributed by atoms with Crippen LogP contribution in [0.5, 0.6) is 0 Å². The summed E-state index contributed by atoms with van der Waals surface area (Å²) in [6.07, 6.45) is 12.9. The van der Waals surface area contributed by atoms with Crippen molar-refractivity contribution in [3.8, 4) is 0 Å². The van der Waals surface area contributed by atoms with Gasteiger partial charge in [0.15, 0.2) is 0 Å². The molecule has 90 valence electrons. The Labute approximate surface area is 97.3 Å². The van der Waals surface area contributed by atoms with Crippen LogP contribution in [-0.2, 0) is 6.42 Å². The Morgan fingerprint density at radius 3 is 2.50 bits per heavy atom. The Hall–Kier alpha value is -1.12. The van der Waals surface area contributed by atoms with Crippen molar-refractivity contribution >= 4 is 0 Å². The van der Waals surface area contributed by atoms with Crippen LogP contribution in [-0.4, -0.2) is 9.97 Å². The maximum Gasteiger partial charge on any atom is 0.269 e. The van der Waals surface area contributed by atoms with Crippen LogP contribution >= 0.6 is 0 Å². The molecule has 1 heterocycles. The fourth-order valence-electron chi connectivity index (χ4n) is 1.81. The molecule has 0 aromatic carbocycles. The van der Waals surface area contributed by atoms with Gasteiger partial charge in [-0.25, -0.2) is 0 Å². The molecule has 1 rings (SSSR count). The molecule has 0 aliphatic carbocycles. The van der Waals surface area contributed by atoms with Gasteiger partial charge in [-0.3, -0.25) is 9.78 Å². The molecule has 0 aliphatic heterocycles. The van der Waals surface area contributed by atoms with Crippen LogP contribution in [0, 0.1) is 0 Å². The number of H-pyrrole nitrogens is 1. The first kappa shape index (κ1) is 12.9. The minimum atomic E-state index is -0.0338. The molecule has 0 saturated carbocycles. The lowest BCUT2D eigenvalue weighted by Crippen LogP contribution is -2.13. The molecule has 0 aliphatic rings. The van der Waals surface area contributed by atoms with Gasteiger partial charge in [0, 0.05) is 12.4 Å². The molecular weight excluding hydrogens is 200 g/mol. The summed E-state index contributed by atoms with van der Waals surface area (Å²) in [5.41, 5.74) is 0.643. The number of hydrogen-bond donors (Lipinski definition) is 1. The Kier molecular flexibility index (Phi) is 6.54. The second-order valence-electron chi connectivity index (χ2n) is 4.24. The Morgan fingerprint density at radius 2 is 1.81 bits per heavy atom. The van der Waals surface area contributed by atoms with Crippen molar-refractivity contribution in [2.45, 2.75) is 58.3 Å². The molecule has 0 amide bonds. The van der Waals surface area contributed by atoms with E-state index in [-0.39, 0.29) is 5.56 Å².